The first-order valence-electron chi connectivity index (χ1n) is 8.09. The molecule has 2 nitrogen and oxygen atoms in total. The number of hydrogen-bond acceptors (Lipinski definition) is 2. The van der Waals surface area contributed by atoms with Gasteiger partial charge in [0.25, 0.3) is 0 Å². The van der Waals surface area contributed by atoms with Crippen LogP contribution in [0.25, 0.3) is 0 Å². The van der Waals surface area contributed by atoms with E-state index in [1.165, 1.54) is 23.8 Å². The fourth-order valence-electron chi connectivity index (χ4n) is 2.78. The predicted octanol–water partition coefficient (Wildman–Crippen LogP) is 4.98. The average Bonchev–Trinajstić information content (AvgIpc) is 2.93. The van der Waals surface area contributed by atoms with Crippen molar-refractivity contribution < 1.29 is 19.3 Å². The van der Waals surface area contributed by atoms with Crippen LogP contribution in [0.15, 0.2) is 42.5 Å². The zero-order valence-corrected chi connectivity index (χ0v) is 13.9. The molecule has 0 amide bonds. The molecule has 0 saturated carbocycles. The maximum atomic E-state index is 12.9. The Bertz CT molecular complexity index is 689. The molecular formula is C19H24F3NO. The van der Waals surface area contributed by atoms with Gasteiger partial charge in [-0.2, -0.15) is 13.2 Å². The van der Waals surface area contributed by atoms with E-state index < -0.39 is 11.7 Å². The van der Waals surface area contributed by atoms with Gasteiger partial charge in [-0.05, 0) is 41.7 Å². The number of fused-ring (bicyclic) bond motifs is 1. The Morgan fingerprint density at radius 3 is 2.46 bits per heavy atom. The highest BCUT2D eigenvalue weighted by Crippen LogP contribution is 2.36. The van der Waals surface area contributed by atoms with Crippen molar-refractivity contribution in [3.63, 3.8) is 0 Å². The zero-order chi connectivity index (χ0) is 17.7. The van der Waals surface area contributed by atoms with Crippen LogP contribution in [0.4, 0.5) is 13.2 Å². The lowest BCUT2D eigenvalue weighted by molar-refractivity contribution is -0.139. The van der Waals surface area contributed by atoms with Crippen LogP contribution in [0.3, 0.4) is 0 Å². The van der Waals surface area contributed by atoms with Gasteiger partial charge in [0, 0.05) is 7.47 Å². The molecule has 2 aromatic rings. The molecule has 0 radical (unpaired) electrons. The van der Waals surface area contributed by atoms with Crippen LogP contribution in [-0.4, -0.2) is 6.04 Å². The highest BCUT2D eigenvalue weighted by atomic mass is 19.4. The van der Waals surface area contributed by atoms with Gasteiger partial charge in [0.2, 0.25) is 0 Å². The van der Waals surface area contributed by atoms with Crippen LogP contribution in [-0.2, 0) is 25.6 Å². The van der Waals surface area contributed by atoms with Crippen molar-refractivity contribution in [1.29, 1.82) is 0 Å². The Labute approximate surface area is 141 Å². The fourth-order valence-corrected chi connectivity index (χ4v) is 2.78. The summed E-state index contributed by atoms with van der Waals surface area (Å²) < 4.78 is 44.1. The smallest absolute Gasteiger partial charge is 0.419 e. The molecule has 2 N–H and O–H groups in total. The molecule has 0 aromatic heterocycles. The van der Waals surface area contributed by atoms with Gasteiger partial charge in [-0.15, -0.1) is 0 Å². The minimum absolute atomic E-state index is 0. The standard InChI is InChI=1S/C17H16F3NO.C2H6.H2/c18-17(19,20)15-3-1-2-4-16(15)22-10-11-5-6-12-8-14(21)9-13(12)7-11;1-2;/h1-7,14H,8-10,21H2;1-2H3;1H/t14-;;/m0../s1. The van der Waals surface area contributed by atoms with E-state index in [4.69, 9.17) is 10.5 Å². The monoisotopic (exact) mass is 339 g/mol. The molecule has 2 aromatic carbocycles. The third-order valence-corrected chi connectivity index (χ3v) is 3.82. The van der Waals surface area contributed by atoms with Crippen LogP contribution in [0.2, 0.25) is 0 Å². The summed E-state index contributed by atoms with van der Waals surface area (Å²) in [6.45, 7) is 4.11. The molecule has 3 rings (SSSR count). The first kappa shape index (κ1) is 18.3. The first-order valence-corrected chi connectivity index (χ1v) is 8.09. The van der Waals surface area contributed by atoms with Crippen LogP contribution in [0, 0.1) is 0 Å². The molecule has 132 valence electrons. The summed E-state index contributed by atoms with van der Waals surface area (Å²) in [5.74, 6) is -0.146. The lowest BCUT2D eigenvalue weighted by Gasteiger charge is -2.14. The SMILES string of the molecule is CC.N[C@H]1Cc2ccc(COc3ccccc3C(F)(F)F)cc2C1.[HH]. The van der Waals surface area contributed by atoms with E-state index in [1.807, 2.05) is 32.0 Å². The number of ether oxygens (including phenoxy) is 1. The van der Waals surface area contributed by atoms with Gasteiger partial charge in [-0.3, -0.25) is 0 Å². The van der Waals surface area contributed by atoms with E-state index in [2.05, 4.69) is 0 Å². The van der Waals surface area contributed by atoms with E-state index in [1.54, 1.807) is 0 Å². The minimum atomic E-state index is -4.42. The molecule has 0 spiro atoms. The molecule has 1 aliphatic rings. The van der Waals surface area contributed by atoms with Crippen molar-refractivity contribution in [3.8, 4) is 5.75 Å². The van der Waals surface area contributed by atoms with Crippen LogP contribution in [0.5, 0.6) is 5.75 Å². The van der Waals surface area contributed by atoms with E-state index in [9.17, 15) is 13.2 Å². The van der Waals surface area contributed by atoms with Crippen molar-refractivity contribution in [2.75, 3.05) is 0 Å². The van der Waals surface area contributed by atoms with Gasteiger partial charge in [-0.25, -0.2) is 0 Å². The highest BCUT2D eigenvalue weighted by molar-refractivity contribution is 5.38. The van der Waals surface area contributed by atoms with Gasteiger partial charge in [-0.1, -0.05) is 44.2 Å². The van der Waals surface area contributed by atoms with Gasteiger partial charge < -0.3 is 10.5 Å². The van der Waals surface area contributed by atoms with Crippen molar-refractivity contribution in [2.24, 2.45) is 5.73 Å². The van der Waals surface area contributed by atoms with Gasteiger partial charge in [0.15, 0.2) is 0 Å². The molecule has 0 saturated heterocycles. The summed E-state index contributed by atoms with van der Waals surface area (Å²) >= 11 is 0. The Kier molecular flexibility index (Phi) is 5.89. The van der Waals surface area contributed by atoms with Gasteiger partial charge in [0.05, 0.1) is 5.56 Å². The molecule has 24 heavy (non-hydrogen) atoms. The maximum Gasteiger partial charge on any atom is 0.419 e. The molecule has 0 aliphatic heterocycles. The molecule has 1 aliphatic carbocycles. The number of rotatable bonds is 3. The zero-order valence-electron chi connectivity index (χ0n) is 13.9. The third kappa shape index (κ3) is 4.29. The number of para-hydroxylation sites is 1. The van der Waals surface area contributed by atoms with Crippen LogP contribution >= 0.6 is 0 Å². The quantitative estimate of drug-likeness (QED) is 0.856. The van der Waals surface area contributed by atoms with Crippen molar-refractivity contribution in [3.05, 3.63) is 64.7 Å². The molecule has 0 fully saturated rings. The normalized spacial score (nSPS) is 16.2. The largest absolute Gasteiger partial charge is 0.488 e. The Morgan fingerprint density at radius 2 is 1.75 bits per heavy atom. The number of alkyl halides is 3. The lowest BCUT2D eigenvalue weighted by atomic mass is 10.1. The molecular weight excluding hydrogens is 315 g/mol. The van der Waals surface area contributed by atoms with E-state index >= 15 is 0 Å². The van der Waals surface area contributed by atoms with E-state index in [-0.39, 0.29) is 19.8 Å². The maximum absolute atomic E-state index is 12.9. The van der Waals surface area contributed by atoms with Crippen LogP contribution in [0.1, 0.15) is 37.5 Å². The van der Waals surface area contributed by atoms with Gasteiger partial charge >= 0.3 is 6.18 Å². The van der Waals surface area contributed by atoms with Crippen LogP contribution < -0.4 is 10.5 Å². The number of nitrogens with two attached hydrogens (primary N) is 1. The number of hydrogen-bond donors (Lipinski definition) is 1. The molecule has 0 unspecified atom stereocenters. The summed E-state index contributed by atoms with van der Waals surface area (Å²) in [5.41, 5.74) is 8.39. The topological polar surface area (TPSA) is 35.2 Å². The highest BCUT2D eigenvalue weighted by Gasteiger charge is 2.34. The lowest BCUT2D eigenvalue weighted by Crippen LogP contribution is -2.18. The Hall–Kier alpha value is -2.01. The van der Waals surface area contributed by atoms with Gasteiger partial charge in [0.1, 0.15) is 12.4 Å². The first-order chi connectivity index (χ1) is 11.4. The van der Waals surface area contributed by atoms with E-state index in [0.29, 0.717) is 0 Å². The summed E-state index contributed by atoms with van der Waals surface area (Å²) in [6.07, 6.45) is -2.75. The second-order valence-electron chi connectivity index (χ2n) is 5.55. The number of halogens is 3. The third-order valence-electron chi connectivity index (χ3n) is 3.82. The summed E-state index contributed by atoms with van der Waals surface area (Å²) in [7, 11) is 0. The second-order valence-corrected chi connectivity index (χ2v) is 5.55. The van der Waals surface area contributed by atoms with Crippen molar-refractivity contribution in [2.45, 2.75) is 45.5 Å². The molecule has 5 heteroatoms. The van der Waals surface area contributed by atoms with Crippen molar-refractivity contribution in [1.82, 2.24) is 0 Å². The average molecular weight is 339 g/mol. The Balaban J connectivity index is 0.00000101. The fraction of sp³-hybridized carbons (Fsp3) is 0.368. The second kappa shape index (κ2) is 7.71. The molecule has 0 heterocycles. The molecule has 0 bridgehead atoms. The number of benzene rings is 2. The minimum Gasteiger partial charge on any atom is -0.488 e. The van der Waals surface area contributed by atoms with E-state index in [0.717, 1.165) is 30.0 Å². The summed E-state index contributed by atoms with van der Waals surface area (Å²) in [6, 6.07) is 11.2. The Morgan fingerprint density at radius 1 is 1.08 bits per heavy atom. The summed E-state index contributed by atoms with van der Waals surface area (Å²) in [5, 5.41) is 0. The predicted molar refractivity (Wildman–Crippen MR) is 91.1 cm³/mol. The molecule has 1 atom stereocenters. The summed E-state index contributed by atoms with van der Waals surface area (Å²) in [4.78, 5) is 0. The van der Waals surface area contributed by atoms with Crippen molar-refractivity contribution >= 4 is 0 Å².